The van der Waals surface area contributed by atoms with Crippen molar-refractivity contribution in [3.8, 4) is 0 Å². The van der Waals surface area contributed by atoms with Gasteiger partial charge in [0.05, 0.1) is 6.42 Å². The summed E-state index contributed by atoms with van der Waals surface area (Å²) in [6.07, 6.45) is 2.93. The van der Waals surface area contributed by atoms with Crippen LogP contribution in [-0.2, 0) is 14.3 Å². The molecule has 5 nitrogen and oxygen atoms in total. The van der Waals surface area contributed by atoms with Crippen LogP contribution in [0.3, 0.4) is 0 Å². The molecule has 0 bridgehead atoms. The van der Waals surface area contributed by atoms with Gasteiger partial charge < -0.3 is 14.7 Å². The second kappa shape index (κ2) is 5.26. The first-order chi connectivity index (χ1) is 8.59. The molecule has 1 spiro atoms. The number of hydrogen-bond donors (Lipinski definition) is 1. The van der Waals surface area contributed by atoms with Gasteiger partial charge in [-0.3, -0.25) is 9.59 Å². The van der Waals surface area contributed by atoms with Crippen molar-refractivity contribution in [2.75, 3.05) is 26.3 Å². The largest absolute Gasteiger partial charge is 0.481 e. The van der Waals surface area contributed by atoms with Crippen molar-refractivity contribution in [2.24, 2.45) is 11.3 Å². The number of aliphatic carboxylic acids is 1. The van der Waals surface area contributed by atoms with Crippen LogP contribution in [-0.4, -0.2) is 48.2 Å². The zero-order valence-corrected chi connectivity index (χ0v) is 10.9. The highest BCUT2D eigenvalue weighted by atomic mass is 16.5. The second-order valence-electron chi connectivity index (χ2n) is 5.29. The molecule has 2 aliphatic rings. The van der Waals surface area contributed by atoms with E-state index >= 15 is 0 Å². The Kier molecular flexibility index (Phi) is 3.90. The Morgan fingerprint density at radius 1 is 1.39 bits per heavy atom. The molecule has 1 amide bonds. The fourth-order valence-corrected chi connectivity index (χ4v) is 2.90. The topological polar surface area (TPSA) is 66.8 Å². The van der Waals surface area contributed by atoms with Crippen LogP contribution in [0.5, 0.6) is 0 Å². The zero-order chi connectivity index (χ0) is 13.2. The quantitative estimate of drug-likeness (QED) is 0.799. The number of nitrogens with zero attached hydrogens (tertiary/aromatic N) is 1. The van der Waals surface area contributed by atoms with Crippen molar-refractivity contribution in [3.05, 3.63) is 0 Å². The van der Waals surface area contributed by atoms with Crippen molar-refractivity contribution >= 4 is 11.9 Å². The van der Waals surface area contributed by atoms with Gasteiger partial charge >= 0.3 is 5.97 Å². The molecule has 1 heterocycles. The molecule has 1 aliphatic carbocycles. The van der Waals surface area contributed by atoms with Gasteiger partial charge in [0.2, 0.25) is 5.91 Å². The average molecular weight is 255 g/mol. The first-order valence-corrected chi connectivity index (χ1v) is 6.67. The number of carbonyl (C=O) groups excluding carboxylic acids is 1. The second-order valence-corrected chi connectivity index (χ2v) is 5.29. The van der Waals surface area contributed by atoms with Crippen LogP contribution in [0.1, 0.15) is 32.6 Å². The lowest BCUT2D eigenvalue weighted by Gasteiger charge is -2.25. The lowest BCUT2D eigenvalue weighted by Crippen LogP contribution is -2.36. The highest BCUT2D eigenvalue weighted by molar-refractivity contribution is 5.83. The number of hydrogen-bond acceptors (Lipinski definition) is 3. The molecule has 1 atom stereocenters. The van der Waals surface area contributed by atoms with E-state index in [-0.39, 0.29) is 23.7 Å². The molecule has 1 N–H and O–H groups in total. The van der Waals surface area contributed by atoms with Gasteiger partial charge in [0.1, 0.15) is 0 Å². The molecule has 1 saturated heterocycles. The fraction of sp³-hybridized carbons (Fsp3) is 0.846. The van der Waals surface area contributed by atoms with E-state index < -0.39 is 5.97 Å². The SMILES string of the molecule is CCN(CCC(=O)O)C(=O)[C@H]1CC12CCOCC2. The van der Waals surface area contributed by atoms with Crippen LogP contribution in [0.15, 0.2) is 0 Å². The Morgan fingerprint density at radius 2 is 2.06 bits per heavy atom. The third-order valence-corrected chi connectivity index (χ3v) is 4.27. The summed E-state index contributed by atoms with van der Waals surface area (Å²) in [5, 5.41) is 8.68. The number of carboxylic acid groups (broad SMARTS) is 1. The van der Waals surface area contributed by atoms with Crippen LogP contribution in [0.2, 0.25) is 0 Å². The summed E-state index contributed by atoms with van der Waals surface area (Å²) in [7, 11) is 0. The minimum atomic E-state index is -0.849. The summed E-state index contributed by atoms with van der Waals surface area (Å²) in [6.45, 7) is 4.33. The Hall–Kier alpha value is -1.10. The molecule has 0 aromatic carbocycles. The van der Waals surface area contributed by atoms with Gasteiger partial charge in [0, 0.05) is 32.2 Å². The third-order valence-electron chi connectivity index (χ3n) is 4.27. The third kappa shape index (κ3) is 2.66. The predicted octanol–water partition coefficient (Wildman–Crippen LogP) is 1.13. The van der Waals surface area contributed by atoms with Crippen LogP contribution >= 0.6 is 0 Å². The van der Waals surface area contributed by atoms with Crippen molar-refractivity contribution in [1.29, 1.82) is 0 Å². The Bertz CT molecular complexity index is 336. The summed E-state index contributed by atoms with van der Waals surface area (Å²) in [6, 6.07) is 0. The number of rotatable bonds is 5. The fourth-order valence-electron chi connectivity index (χ4n) is 2.90. The number of carbonyl (C=O) groups is 2. The normalized spacial score (nSPS) is 24.8. The van der Waals surface area contributed by atoms with Crippen molar-refractivity contribution in [3.63, 3.8) is 0 Å². The first-order valence-electron chi connectivity index (χ1n) is 6.67. The Balaban J connectivity index is 1.88. The van der Waals surface area contributed by atoms with E-state index in [9.17, 15) is 9.59 Å². The van der Waals surface area contributed by atoms with Gasteiger partial charge in [-0.2, -0.15) is 0 Å². The maximum atomic E-state index is 12.3. The average Bonchev–Trinajstić information content (AvgIpc) is 3.04. The number of amides is 1. The first kappa shape index (κ1) is 13.3. The van der Waals surface area contributed by atoms with E-state index in [1.165, 1.54) is 0 Å². The number of carboxylic acids is 1. The van der Waals surface area contributed by atoms with Gasteiger partial charge in [0.25, 0.3) is 0 Å². The van der Waals surface area contributed by atoms with E-state index in [0.717, 1.165) is 32.5 Å². The molecule has 1 aliphatic heterocycles. The molecule has 2 fully saturated rings. The maximum Gasteiger partial charge on any atom is 0.305 e. The summed E-state index contributed by atoms with van der Waals surface area (Å²) in [4.78, 5) is 24.6. The number of ether oxygens (including phenoxy) is 1. The van der Waals surface area contributed by atoms with Crippen LogP contribution in [0.25, 0.3) is 0 Å². The predicted molar refractivity (Wildman–Crippen MR) is 65.1 cm³/mol. The van der Waals surface area contributed by atoms with Gasteiger partial charge in [-0.15, -0.1) is 0 Å². The van der Waals surface area contributed by atoms with Gasteiger partial charge in [-0.25, -0.2) is 0 Å². The van der Waals surface area contributed by atoms with E-state index in [4.69, 9.17) is 9.84 Å². The van der Waals surface area contributed by atoms with Gasteiger partial charge in [-0.05, 0) is 31.6 Å². The highest BCUT2D eigenvalue weighted by Crippen LogP contribution is 2.59. The molecule has 5 heteroatoms. The molecule has 0 aromatic heterocycles. The van der Waals surface area contributed by atoms with Crippen molar-refractivity contribution in [1.82, 2.24) is 4.90 Å². The van der Waals surface area contributed by atoms with Gasteiger partial charge in [0.15, 0.2) is 0 Å². The van der Waals surface area contributed by atoms with Gasteiger partial charge in [-0.1, -0.05) is 0 Å². The lowest BCUT2D eigenvalue weighted by atomic mass is 9.93. The van der Waals surface area contributed by atoms with E-state index in [0.29, 0.717) is 13.1 Å². The summed E-state index contributed by atoms with van der Waals surface area (Å²) in [5.74, 6) is -0.603. The molecule has 0 unspecified atom stereocenters. The van der Waals surface area contributed by atoms with Crippen molar-refractivity contribution < 1.29 is 19.4 Å². The van der Waals surface area contributed by atoms with Crippen molar-refractivity contribution in [2.45, 2.75) is 32.6 Å². The summed E-state index contributed by atoms with van der Waals surface area (Å²) >= 11 is 0. The molecule has 0 radical (unpaired) electrons. The zero-order valence-electron chi connectivity index (χ0n) is 10.9. The van der Waals surface area contributed by atoms with E-state index in [1.54, 1.807) is 4.90 Å². The van der Waals surface area contributed by atoms with E-state index in [1.807, 2.05) is 6.92 Å². The monoisotopic (exact) mass is 255 g/mol. The molecule has 0 aromatic rings. The molecular formula is C13H21NO4. The minimum absolute atomic E-state index is 0.0302. The van der Waals surface area contributed by atoms with Crippen LogP contribution in [0, 0.1) is 11.3 Å². The molecule has 102 valence electrons. The molecule has 2 rings (SSSR count). The Labute approximate surface area is 107 Å². The standard InChI is InChI=1S/C13H21NO4/c1-2-14(6-3-11(15)16)12(17)10-9-13(10)4-7-18-8-5-13/h10H,2-9H2,1H3,(H,15,16)/t10-/m1/s1. The molecular weight excluding hydrogens is 234 g/mol. The lowest BCUT2D eigenvalue weighted by molar-refractivity contribution is -0.139. The summed E-state index contributed by atoms with van der Waals surface area (Å²) < 4.78 is 5.34. The smallest absolute Gasteiger partial charge is 0.305 e. The molecule has 1 saturated carbocycles. The summed E-state index contributed by atoms with van der Waals surface area (Å²) in [5.41, 5.74) is 0.173. The van der Waals surface area contributed by atoms with Crippen LogP contribution < -0.4 is 0 Å². The van der Waals surface area contributed by atoms with Crippen LogP contribution in [0.4, 0.5) is 0 Å². The minimum Gasteiger partial charge on any atom is -0.481 e. The highest BCUT2D eigenvalue weighted by Gasteiger charge is 2.58. The Morgan fingerprint density at radius 3 is 2.61 bits per heavy atom. The maximum absolute atomic E-state index is 12.3. The molecule has 18 heavy (non-hydrogen) atoms. The van der Waals surface area contributed by atoms with E-state index in [2.05, 4.69) is 0 Å².